The molecule has 0 saturated heterocycles. The maximum Gasteiger partial charge on any atom is 0.396 e. The van der Waals surface area contributed by atoms with Gasteiger partial charge in [0.1, 0.15) is 0 Å². The van der Waals surface area contributed by atoms with Gasteiger partial charge in [0.05, 0.1) is 30.3 Å². The molecule has 8 nitrogen and oxygen atoms in total. The molecule has 1 aromatic rings. The molecule has 142 valence electrons. The minimum absolute atomic E-state index is 0.134. The van der Waals surface area contributed by atoms with Gasteiger partial charge in [0.25, 0.3) is 0 Å². The molecule has 1 fully saturated rings. The molecular formula is C17H21NO7S. The van der Waals surface area contributed by atoms with Gasteiger partial charge < -0.3 is 14.8 Å². The molecule has 1 amide bonds. The number of benzene rings is 1. The summed E-state index contributed by atoms with van der Waals surface area (Å²) >= 11 is 0. The number of nitrogens with one attached hydrogen (secondary N) is 1. The highest BCUT2D eigenvalue weighted by molar-refractivity contribution is 7.92. The first kappa shape index (κ1) is 19.9. The summed E-state index contributed by atoms with van der Waals surface area (Å²) in [5, 5.41) is 1.76. The molecule has 0 atom stereocenters. The number of hydrogen-bond acceptors (Lipinski definition) is 7. The number of rotatable bonds is 4. The van der Waals surface area contributed by atoms with Crippen LogP contribution in [-0.2, 0) is 33.7 Å². The van der Waals surface area contributed by atoms with E-state index >= 15 is 0 Å². The van der Waals surface area contributed by atoms with Crippen LogP contribution in [0.2, 0.25) is 0 Å². The predicted molar refractivity (Wildman–Crippen MR) is 92.0 cm³/mol. The highest BCUT2D eigenvalue weighted by atomic mass is 32.2. The van der Waals surface area contributed by atoms with Crippen LogP contribution in [0.25, 0.3) is 0 Å². The highest BCUT2D eigenvalue weighted by Gasteiger charge is 2.34. The van der Waals surface area contributed by atoms with E-state index in [1.165, 1.54) is 31.4 Å². The summed E-state index contributed by atoms with van der Waals surface area (Å²) in [4.78, 5) is 34.2. The molecule has 0 radical (unpaired) electrons. The van der Waals surface area contributed by atoms with E-state index in [0.29, 0.717) is 25.7 Å². The molecule has 0 bridgehead atoms. The van der Waals surface area contributed by atoms with Crippen LogP contribution in [0, 0.1) is 5.92 Å². The van der Waals surface area contributed by atoms with Crippen molar-refractivity contribution in [2.45, 2.75) is 35.8 Å². The van der Waals surface area contributed by atoms with Crippen molar-refractivity contribution < 1.29 is 32.3 Å². The molecule has 0 heterocycles. The maximum atomic E-state index is 12.7. The average molecular weight is 383 g/mol. The zero-order valence-electron chi connectivity index (χ0n) is 14.6. The molecule has 0 aliphatic heterocycles. The Morgan fingerprint density at radius 3 is 2.04 bits per heavy atom. The molecule has 1 aromatic carbocycles. The predicted octanol–water partition coefficient (Wildman–Crippen LogP) is 1.30. The monoisotopic (exact) mass is 383 g/mol. The van der Waals surface area contributed by atoms with Crippen molar-refractivity contribution >= 4 is 33.4 Å². The van der Waals surface area contributed by atoms with Crippen molar-refractivity contribution in [3.05, 3.63) is 24.3 Å². The van der Waals surface area contributed by atoms with E-state index in [4.69, 9.17) is 4.74 Å². The summed E-state index contributed by atoms with van der Waals surface area (Å²) in [7, 11) is -1.13. The maximum absolute atomic E-state index is 12.7. The smallest absolute Gasteiger partial charge is 0.396 e. The number of esters is 2. The quantitative estimate of drug-likeness (QED) is 0.615. The van der Waals surface area contributed by atoms with Crippen LogP contribution in [0.5, 0.6) is 0 Å². The topological polar surface area (TPSA) is 116 Å². The van der Waals surface area contributed by atoms with Crippen molar-refractivity contribution in [2.75, 3.05) is 19.5 Å². The van der Waals surface area contributed by atoms with E-state index in [1.54, 1.807) is 0 Å². The summed E-state index contributed by atoms with van der Waals surface area (Å²) in [5.41, 5.74) is 0.286. The second kappa shape index (κ2) is 8.31. The third-order valence-electron chi connectivity index (χ3n) is 4.46. The van der Waals surface area contributed by atoms with Crippen LogP contribution < -0.4 is 5.32 Å². The molecule has 1 aliphatic carbocycles. The van der Waals surface area contributed by atoms with Gasteiger partial charge in [-0.2, -0.15) is 0 Å². The number of carbonyl (C=O) groups excluding carboxylic acids is 3. The second-order valence-electron chi connectivity index (χ2n) is 6.01. The van der Waals surface area contributed by atoms with Gasteiger partial charge in [-0.3, -0.25) is 9.59 Å². The first-order valence-electron chi connectivity index (χ1n) is 8.10. The standard InChI is InChI=1S/C17H21NO7S/c1-24-16(20)11-3-7-13(8-4-11)26(22,23)14-9-5-12(6-10-14)18-15(19)17(21)25-2/h5-6,9-11,13H,3-4,7-8H2,1-2H3,(H,18,19). The summed E-state index contributed by atoms with van der Waals surface area (Å²) in [6.45, 7) is 0. The van der Waals surface area contributed by atoms with E-state index in [1.807, 2.05) is 0 Å². The normalized spacial score (nSPS) is 20.1. The van der Waals surface area contributed by atoms with Gasteiger partial charge in [-0.1, -0.05) is 0 Å². The lowest BCUT2D eigenvalue weighted by Gasteiger charge is -2.26. The molecule has 0 spiro atoms. The third kappa shape index (κ3) is 4.40. The zero-order valence-corrected chi connectivity index (χ0v) is 15.4. The van der Waals surface area contributed by atoms with Gasteiger partial charge in [0.15, 0.2) is 9.84 Å². The number of ether oxygens (including phenoxy) is 2. The van der Waals surface area contributed by atoms with Crippen molar-refractivity contribution in [1.82, 2.24) is 0 Å². The first-order chi connectivity index (χ1) is 12.3. The van der Waals surface area contributed by atoms with Crippen molar-refractivity contribution in [2.24, 2.45) is 5.92 Å². The summed E-state index contributed by atoms with van der Waals surface area (Å²) in [5.74, 6) is -2.53. The number of amides is 1. The fraction of sp³-hybridized carbons (Fsp3) is 0.471. The second-order valence-corrected chi connectivity index (χ2v) is 8.24. The Morgan fingerprint density at radius 2 is 1.54 bits per heavy atom. The Balaban J connectivity index is 2.05. The largest absolute Gasteiger partial charge is 0.469 e. The molecular weight excluding hydrogens is 362 g/mol. The van der Waals surface area contributed by atoms with E-state index in [2.05, 4.69) is 10.1 Å². The van der Waals surface area contributed by atoms with Gasteiger partial charge in [0, 0.05) is 5.69 Å². The lowest BCUT2D eigenvalue weighted by Crippen LogP contribution is -2.30. The van der Waals surface area contributed by atoms with Crippen LogP contribution in [0.1, 0.15) is 25.7 Å². The number of hydrogen-bond donors (Lipinski definition) is 1. The Bertz CT molecular complexity index is 778. The Labute approximate surface area is 151 Å². The fourth-order valence-corrected chi connectivity index (χ4v) is 4.76. The van der Waals surface area contributed by atoms with Crippen LogP contribution in [-0.4, -0.2) is 45.7 Å². The van der Waals surface area contributed by atoms with E-state index in [0.717, 1.165) is 7.11 Å². The van der Waals surface area contributed by atoms with Gasteiger partial charge in [-0.05, 0) is 49.9 Å². The molecule has 1 N–H and O–H groups in total. The molecule has 1 saturated carbocycles. The number of anilines is 1. The molecule has 0 aromatic heterocycles. The van der Waals surface area contributed by atoms with Crippen LogP contribution in [0.15, 0.2) is 29.2 Å². The first-order valence-corrected chi connectivity index (χ1v) is 9.65. The van der Waals surface area contributed by atoms with Crippen molar-refractivity contribution in [3.63, 3.8) is 0 Å². The Morgan fingerprint density at radius 1 is 0.962 bits per heavy atom. The van der Waals surface area contributed by atoms with Crippen LogP contribution in [0.4, 0.5) is 5.69 Å². The fourth-order valence-electron chi connectivity index (χ4n) is 2.97. The average Bonchev–Trinajstić information content (AvgIpc) is 2.67. The summed E-state index contributed by atoms with van der Waals surface area (Å²) in [6.07, 6.45) is 1.74. The number of methoxy groups -OCH3 is 2. The lowest BCUT2D eigenvalue weighted by molar-refractivity contribution is -0.150. The van der Waals surface area contributed by atoms with E-state index in [-0.39, 0.29) is 22.5 Å². The molecule has 1 aliphatic rings. The van der Waals surface area contributed by atoms with Crippen LogP contribution >= 0.6 is 0 Å². The SMILES string of the molecule is COC(=O)C(=O)Nc1ccc(S(=O)(=O)C2CCC(C(=O)OC)CC2)cc1. The Hall–Kier alpha value is -2.42. The van der Waals surface area contributed by atoms with Gasteiger partial charge in [-0.15, -0.1) is 0 Å². The minimum atomic E-state index is -3.54. The number of carbonyl (C=O) groups is 3. The molecule has 26 heavy (non-hydrogen) atoms. The Kier molecular flexibility index (Phi) is 6.36. The highest BCUT2D eigenvalue weighted by Crippen LogP contribution is 2.32. The summed E-state index contributed by atoms with van der Waals surface area (Å²) in [6, 6.07) is 5.59. The number of sulfone groups is 1. The summed E-state index contributed by atoms with van der Waals surface area (Å²) < 4.78 is 34.5. The van der Waals surface area contributed by atoms with Crippen molar-refractivity contribution in [3.8, 4) is 0 Å². The molecule has 2 rings (SSSR count). The third-order valence-corrected chi connectivity index (χ3v) is 6.74. The van der Waals surface area contributed by atoms with E-state index in [9.17, 15) is 22.8 Å². The van der Waals surface area contributed by atoms with Gasteiger partial charge in [-0.25, -0.2) is 13.2 Å². The lowest BCUT2D eigenvalue weighted by atomic mass is 9.89. The van der Waals surface area contributed by atoms with Gasteiger partial charge in [0.2, 0.25) is 0 Å². The minimum Gasteiger partial charge on any atom is -0.469 e. The zero-order chi connectivity index (χ0) is 19.3. The van der Waals surface area contributed by atoms with Crippen LogP contribution in [0.3, 0.4) is 0 Å². The molecule has 9 heteroatoms. The van der Waals surface area contributed by atoms with E-state index < -0.39 is 27.0 Å². The van der Waals surface area contributed by atoms with Gasteiger partial charge >= 0.3 is 17.8 Å². The molecule has 0 unspecified atom stereocenters. The van der Waals surface area contributed by atoms with Crippen molar-refractivity contribution in [1.29, 1.82) is 0 Å².